The number of alkyl halides is 3. The van der Waals surface area contributed by atoms with Gasteiger partial charge in [0.25, 0.3) is 0 Å². The maximum absolute atomic E-state index is 12.3. The molecule has 0 amide bonds. The minimum atomic E-state index is -4.36. The smallest absolute Gasteiger partial charge is 0.375 e. The Bertz CT molecular complexity index is 360. The van der Waals surface area contributed by atoms with Crippen LogP contribution in [-0.2, 0) is 6.18 Å². The molecule has 0 bridgehead atoms. The molecule has 0 aliphatic rings. The molecule has 0 atom stereocenters. The number of rotatable bonds is 3. The van der Waals surface area contributed by atoms with Gasteiger partial charge in [0.05, 0.1) is 11.4 Å². The highest BCUT2D eigenvalue weighted by molar-refractivity contribution is 5.42. The summed E-state index contributed by atoms with van der Waals surface area (Å²) in [5, 5.41) is 5.23. The topological polar surface area (TPSA) is 37.0 Å². The quantitative estimate of drug-likeness (QED) is 0.815. The van der Waals surface area contributed by atoms with Gasteiger partial charge in [0.15, 0.2) is 0 Å². The van der Waals surface area contributed by atoms with Crippen molar-refractivity contribution in [2.75, 3.05) is 12.4 Å². The molecule has 0 radical (unpaired) electrons. The largest absolute Gasteiger partial charge is 0.416 e. The molecule has 6 heteroatoms. The van der Waals surface area contributed by atoms with Crippen LogP contribution in [0.15, 0.2) is 30.7 Å². The molecule has 1 aromatic rings. The van der Waals surface area contributed by atoms with Crippen molar-refractivity contribution in [1.82, 2.24) is 10.3 Å². The minimum Gasteiger partial charge on any atom is -0.375 e. The third-order valence-electron chi connectivity index (χ3n) is 1.67. The Kier molecular flexibility index (Phi) is 3.18. The van der Waals surface area contributed by atoms with E-state index in [0.29, 0.717) is 5.82 Å². The third-order valence-corrected chi connectivity index (χ3v) is 1.67. The fourth-order valence-electron chi connectivity index (χ4n) is 0.892. The molecule has 2 N–H and O–H groups in total. The van der Waals surface area contributed by atoms with E-state index in [9.17, 15) is 13.2 Å². The standard InChI is InChI=1S/C9H10F3N3/c1-6(13-2)15-8-5-7(3-4-14-8)9(10,11)12/h3-5,13H,1H2,2H3,(H,14,15). The van der Waals surface area contributed by atoms with Crippen molar-refractivity contribution in [2.24, 2.45) is 0 Å². The van der Waals surface area contributed by atoms with Crippen molar-refractivity contribution in [3.8, 4) is 0 Å². The summed E-state index contributed by atoms with van der Waals surface area (Å²) in [6.07, 6.45) is -3.27. The van der Waals surface area contributed by atoms with Gasteiger partial charge in [-0.15, -0.1) is 0 Å². The lowest BCUT2D eigenvalue weighted by molar-refractivity contribution is -0.137. The maximum Gasteiger partial charge on any atom is 0.416 e. The van der Waals surface area contributed by atoms with Crippen LogP contribution >= 0.6 is 0 Å². The maximum atomic E-state index is 12.3. The lowest BCUT2D eigenvalue weighted by Gasteiger charge is -2.10. The highest BCUT2D eigenvalue weighted by Gasteiger charge is 2.30. The van der Waals surface area contributed by atoms with E-state index < -0.39 is 11.7 Å². The van der Waals surface area contributed by atoms with E-state index in [4.69, 9.17) is 0 Å². The zero-order valence-electron chi connectivity index (χ0n) is 8.02. The molecular formula is C9H10F3N3. The molecular weight excluding hydrogens is 207 g/mol. The molecule has 1 heterocycles. The van der Waals surface area contributed by atoms with Crippen molar-refractivity contribution in [2.45, 2.75) is 6.18 Å². The van der Waals surface area contributed by atoms with Crippen LogP contribution in [-0.4, -0.2) is 12.0 Å². The number of hydrogen-bond acceptors (Lipinski definition) is 3. The summed E-state index contributed by atoms with van der Waals surface area (Å²) in [6.45, 7) is 3.52. The fraction of sp³-hybridized carbons (Fsp3) is 0.222. The number of anilines is 1. The van der Waals surface area contributed by atoms with E-state index >= 15 is 0 Å². The van der Waals surface area contributed by atoms with Crippen LogP contribution in [0, 0.1) is 0 Å². The van der Waals surface area contributed by atoms with E-state index in [1.807, 2.05) is 0 Å². The Morgan fingerprint density at radius 1 is 1.47 bits per heavy atom. The molecule has 1 aromatic heterocycles. The molecule has 0 aliphatic heterocycles. The summed E-state index contributed by atoms with van der Waals surface area (Å²) < 4.78 is 36.9. The highest BCUT2D eigenvalue weighted by Crippen LogP contribution is 2.29. The van der Waals surface area contributed by atoms with Gasteiger partial charge in [-0.05, 0) is 12.1 Å². The first kappa shape index (κ1) is 11.4. The van der Waals surface area contributed by atoms with Crippen LogP contribution in [0.1, 0.15) is 5.56 Å². The molecule has 0 unspecified atom stereocenters. The lowest BCUT2D eigenvalue weighted by atomic mass is 10.2. The molecule has 0 spiro atoms. The molecule has 0 fully saturated rings. The van der Waals surface area contributed by atoms with Crippen LogP contribution in [0.3, 0.4) is 0 Å². The van der Waals surface area contributed by atoms with Gasteiger partial charge in [-0.2, -0.15) is 13.2 Å². The van der Waals surface area contributed by atoms with Crippen molar-refractivity contribution in [3.63, 3.8) is 0 Å². The first-order valence-corrected chi connectivity index (χ1v) is 4.10. The van der Waals surface area contributed by atoms with Gasteiger partial charge in [-0.25, -0.2) is 4.98 Å². The van der Waals surface area contributed by atoms with Crippen LogP contribution in [0.4, 0.5) is 19.0 Å². The second-order valence-electron chi connectivity index (χ2n) is 2.78. The second-order valence-corrected chi connectivity index (χ2v) is 2.78. The van der Waals surface area contributed by atoms with Gasteiger partial charge < -0.3 is 10.6 Å². The van der Waals surface area contributed by atoms with Crippen molar-refractivity contribution in [1.29, 1.82) is 0 Å². The molecule has 15 heavy (non-hydrogen) atoms. The van der Waals surface area contributed by atoms with Crippen molar-refractivity contribution >= 4 is 5.82 Å². The lowest BCUT2D eigenvalue weighted by Crippen LogP contribution is -2.14. The summed E-state index contributed by atoms with van der Waals surface area (Å²) in [4.78, 5) is 3.73. The Morgan fingerprint density at radius 2 is 2.13 bits per heavy atom. The normalized spacial score (nSPS) is 10.9. The Labute approximate surface area is 85.0 Å². The number of aromatic nitrogens is 1. The Hall–Kier alpha value is -1.72. The first-order chi connectivity index (χ1) is 6.93. The monoisotopic (exact) mass is 217 g/mol. The average Bonchev–Trinajstić information content (AvgIpc) is 2.17. The SMILES string of the molecule is C=C(NC)Nc1cc(C(F)(F)F)ccn1. The summed E-state index contributed by atoms with van der Waals surface area (Å²) in [6, 6.07) is 1.83. The Balaban J connectivity index is 2.88. The number of pyridine rings is 1. The van der Waals surface area contributed by atoms with Crippen molar-refractivity contribution in [3.05, 3.63) is 36.3 Å². The molecule has 0 aromatic carbocycles. The predicted molar refractivity (Wildman–Crippen MR) is 51.1 cm³/mol. The van der Waals surface area contributed by atoms with E-state index in [0.717, 1.165) is 18.3 Å². The zero-order valence-corrected chi connectivity index (χ0v) is 8.02. The van der Waals surface area contributed by atoms with E-state index in [-0.39, 0.29) is 5.82 Å². The average molecular weight is 217 g/mol. The second kappa shape index (κ2) is 4.20. The molecule has 1 rings (SSSR count). The summed E-state index contributed by atoms with van der Waals surface area (Å²) in [5.74, 6) is 0.478. The summed E-state index contributed by atoms with van der Waals surface area (Å²) in [5.41, 5.74) is -0.746. The molecule has 0 saturated heterocycles. The van der Waals surface area contributed by atoms with Gasteiger partial charge in [0.2, 0.25) is 0 Å². The highest BCUT2D eigenvalue weighted by atomic mass is 19.4. The van der Waals surface area contributed by atoms with Gasteiger partial charge >= 0.3 is 6.18 Å². The number of nitrogens with zero attached hydrogens (tertiary/aromatic N) is 1. The van der Waals surface area contributed by atoms with E-state index in [1.165, 1.54) is 0 Å². The number of halogens is 3. The Morgan fingerprint density at radius 3 is 2.67 bits per heavy atom. The van der Waals surface area contributed by atoms with Crippen LogP contribution in [0.5, 0.6) is 0 Å². The molecule has 3 nitrogen and oxygen atoms in total. The van der Waals surface area contributed by atoms with Gasteiger partial charge in [0, 0.05) is 13.2 Å². The number of nitrogens with one attached hydrogen (secondary N) is 2. The molecule has 0 aliphatic carbocycles. The molecule has 82 valence electrons. The van der Waals surface area contributed by atoms with E-state index in [1.54, 1.807) is 7.05 Å². The zero-order chi connectivity index (χ0) is 11.5. The number of hydrogen-bond donors (Lipinski definition) is 2. The summed E-state index contributed by atoms with van der Waals surface area (Å²) in [7, 11) is 1.60. The minimum absolute atomic E-state index is 0.101. The van der Waals surface area contributed by atoms with Crippen LogP contribution in [0.2, 0.25) is 0 Å². The summed E-state index contributed by atoms with van der Waals surface area (Å²) >= 11 is 0. The van der Waals surface area contributed by atoms with E-state index in [2.05, 4.69) is 22.2 Å². The van der Waals surface area contributed by atoms with Crippen LogP contribution < -0.4 is 10.6 Å². The predicted octanol–water partition coefficient (Wildman–Crippen LogP) is 2.20. The first-order valence-electron chi connectivity index (χ1n) is 4.10. The van der Waals surface area contributed by atoms with Crippen LogP contribution in [0.25, 0.3) is 0 Å². The fourth-order valence-corrected chi connectivity index (χ4v) is 0.892. The van der Waals surface area contributed by atoms with Gasteiger partial charge in [-0.3, -0.25) is 0 Å². The molecule has 0 saturated carbocycles. The van der Waals surface area contributed by atoms with Crippen molar-refractivity contribution < 1.29 is 13.2 Å². The third kappa shape index (κ3) is 3.16. The van der Waals surface area contributed by atoms with Gasteiger partial charge in [-0.1, -0.05) is 6.58 Å². The van der Waals surface area contributed by atoms with Gasteiger partial charge in [0.1, 0.15) is 5.82 Å².